The van der Waals surface area contributed by atoms with Gasteiger partial charge in [-0.15, -0.1) is 0 Å². The molecule has 14 heteroatoms. The van der Waals surface area contributed by atoms with Crippen molar-refractivity contribution in [3.63, 3.8) is 0 Å². The number of hydrogen-bond acceptors (Lipinski definition) is 8. The molecule has 1 unspecified atom stereocenters. The van der Waals surface area contributed by atoms with Gasteiger partial charge in [-0.25, -0.2) is 9.98 Å². The van der Waals surface area contributed by atoms with E-state index in [-0.39, 0.29) is 5.56 Å². The van der Waals surface area contributed by atoms with Crippen LogP contribution in [-0.4, -0.2) is 31.5 Å². The number of nitrogens with one attached hydrogen (secondary N) is 2. The highest BCUT2D eigenvalue weighted by Gasteiger charge is 2.14. The second-order valence-corrected chi connectivity index (χ2v) is 11.4. The summed E-state index contributed by atoms with van der Waals surface area (Å²) in [5, 5.41) is 16.2. The fourth-order valence-corrected chi connectivity index (χ4v) is 6.34. The van der Waals surface area contributed by atoms with Gasteiger partial charge in [0.25, 0.3) is 5.56 Å². The SMILES string of the molecule is CC1=CC(O)N=C(SCc2c(Cl)ccc(Cl)c2Cl)N1.Cc1cc(=O)[nH]c(SCc2c(Cl)cncc2Cl)n1. The number of pyridine rings is 1. The average molecular weight is 640 g/mol. The Labute approximate surface area is 247 Å². The molecule has 0 saturated heterocycles. The lowest BCUT2D eigenvalue weighted by atomic mass is 10.2. The number of aliphatic hydroxyl groups excluding tert-OH is 1. The molecule has 37 heavy (non-hydrogen) atoms. The first-order valence-electron chi connectivity index (χ1n) is 10.5. The molecule has 1 atom stereocenters. The second kappa shape index (κ2) is 14.1. The standard InChI is InChI=1S/C12H11Cl3N2OS.C11H9Cl2N3OS/c1-6-4-10(18)17-12(16-6)19-5-7-8(13)2-3-9(14)11(7)15;1-6-2-10(17)16-11(15-6)18-5-7-8(12)3-14-4-9(7)13/h2-4,10,18H,5H2,1H3,(H,16,17);2-4H,5H2,1H3,(H,15,16,17). The normalized spacial score (nSPS) is 14.8. The van der Waals surface area contributed by atoms with Gasteiger partial charge < -0.3 is 15.4 Å². The summed E-state index contributed by atoms with van der Waals surface area (Å²) in [6.07, 6.45) is 3.89. The third kappa shape index (κ3) is 9.07. The fourth-order valence-electron chi connectivity index (χ4n) is 2.88. The first-order chi connectivity index (χ1) is 17.5. The molecular formula is C23H20Cl5N5O2S2. The van der Waals surface area contributed by atoms with E-state index in [0.29, 0.717) is 52.6 Å². The van der Waals surface area contributed by atoms with Crippen LogP contribution in [0.15, 0.2) is 57.3 Å². The molecule has 0 saturated carbocycles. The summed E-state index contributed by atoms with van der Waals surface area (Å²) >= 11 is 33.0. The molecule has 0 aliphatic carbocycles. The van der Waals surface area contributed by atoms with Gasteiger partial charge in [0.05, 0.1) is 20.1 Å². The number of thioether (sulfide) groups is 2. The van der Waals surface area contributed by atoms with Crippen molar-refractivity contribution >= 4 is 86.7 Å². The number of aryl methyl sites for hydroxylation is 1. The van der Waals surface area contributed by atoms with Gasteiger partial charge in [-0.2, -0.15) is 0 Å². The zero-order valence-electron chi connectivity index (χ0n) is 19.4. The van der Waals surface area contributed by atoms with E-state index in [9.17, 15) is 9.90 Å². The lowest BCUT2D eigenvalue weighted by Crippen LogP contribution is -2.26. The van der Waals surface area contributed by atoms with E-state index in [4.69, 9.17) is 58.0 Å². The Morgan fingerprint density at radius 2 is 1.59 bits per heavy atom. The van der Waals surface area contributed by atoms with Gasteiger partial charge in [0.1, 0.15) is 0 Å². The Bertz CT molecular complexity index is 1380. The van der Waals surface area contributed by atoms with Gasteiger partial charge in [-0.1, -0.05) is 81.5 Å². The van der Waals surface area contributed by atoms with E-state index >= 15 is 0 Å². The highest BCUT2D eigenvalue weighted by Crippen LogP contribution is 2.34. The summed E-state index contributed by atoms with van der Waals surface area (Å²) in [7, 11) is 0. The molecule has 3 heterocycles. The van der Waals surface area contributed by atoms with Gasteiger partial charge in [0.2, 0.25) is 0 Å². The summed E-state index contributed by atoms with van der Waals surface area (Å²) in [5.41, 5.74) is 2.90. The first-order valence-corrected chi connectivity index (χ1v) is 14.3. The lowest BCUT2D eigenvalue weighted by molar-refractivity contribution is 0.231. The lowest BCUT2D eigenvalue weighted by Gasteiger charge is -2.17. The summed E-state index contributed by atoms with van der Waals surface area (Å²) in [6.45, 7) is 3.63. The van der Waals surface area contributed by atoms with Crippen molar-refractivity contribution in [1.82, 2.24) is 20.3 Å². The van der Waals surface area contributed by atoms with Crippen LogP contribution in [0.1, 0.15) is 23.7 Å². The number of amidine groups is 1. The molecule has 3 aromatic rings. The molecule has 2 aromatic heterocycles. The van der Waals surface area contributed by atoms with Crippen molar-refractivity contribution in [2.75, 3.05) is 0 Å². The number of hydrogen-bond donors (Lipinski definition) is 3. The average Bonchev–Trinajstić information content (AvgIpc) is 2.80. The topological polar surface area (TPSA) is 103 Å². The zero-order valence-corrected chi connectivity index (χ0v) is 24.8. The van der Waals surface area contributed by atoms with Crippen LogP contribution < -0.4 is 10.9 Å². The number of aromatic amines is 1. The van der Waals surface area contributed by atoms with Crippen LogP contribution in [0.2, 0.25) is 25.1 Å². The minimum absolute atomic E-state index is 0.170. The van der Waals surface area contributed by atoms with Crippen LogP contribution in [0.25, 0.3) is 0 Å². The number of allylic oxidation sites excluding steroid dienone is 1. The van der Waals surface area contributed by atoms with Crippen molar-refractivity contribution in [1.29, 1.82) is 0 Å². The van der Waals surface area contributed by atoms with Gasteiger partial charge in [0, 0.05) is 57.5 Å². The number of benzene rings is 1. The van der Waals surface area contributed by atoms with Crippen LogP contribution in [-0.2, 0) is 11.5 Å². The Kier molecular flexibility index (Phi) is 11.5. The Morgan fingerprint density at radius 3 is 2.24 bits per heavy atom. The Morgan fingerprint density at radius 1 is 0.946 bits per heavy atom. The van der Waals surface area contributed by atoms with E-state index < -0.39 is 6.23 Å². The molecule has 0 bridgehead atoms. The van der Waals surface area contributed by atoms with Gasteiger partial charge in [-0.05, 0) is 32.1 Å². The third-order valence-electron chi connectivity index (χ3n) is 4.60. The van der Waals surface area contributed by atoms with Crippen molar-refractivity contribution in [2.24, 2.45) is 4.99 Å². The highest BCUT2D eigenvalue weighted by atomic mass is 35.5. The number of aliphatic hydroxyl groups is 1. The number of aliphatic imine (C=N–C) groups is 1. The quantitative estimate of drug-likeness (QED) is 0.155. The molecule has 7 nitrogen and oxygen atoms in total. The zero-order chi connectivity index (χ0) is 27.1. The van der Waals surface area contributed by atoms with E-state index in [1.165, 1.54) is 42.0 Å². The minimum Gasteiger partial charge on any atom is -0.368 e. The van der Waals surface area contributed by atoms with E-state index in [1.807, 2.05) is 6.92 Å². The monoisotopic (exact) mass is 637 g/mol. The van der Waals surface area contributed by atoms with E-state index in [0.717, 1.165) is 16.8 Å². The van der Waals surface area contributed by atoms with Crippen LogP contribution in [0.5, 0.6) is 0 Å². The number of H-pyrrole nitrogens is 1. The predicted molar refractivity (Wildman–Crippen MR) is 157 cm³/mol. The molecular weight excluding hydrogens is 620 g/mol. The Hall–Kier alpha value is -1.43. The number of halogens is 5. The van der Waals surface area contributed by atoms with Crippen LogP contribution in [0, 0.1) is 6.92 Å². The maximum Gasteiger partial charge on any atom is 0.251 e. The second-order valence-electron chi connectivity index (χ2n) is 7.50. The number of aromatic nitrogens is 3. The molecule has 0 spiro atoms. The van der Waals surface area contributed by atoms with E-state index in [1.54, 1.807) is 25.1 Å². The molecule has 3 N–H and O–H groups in total. The molecule has 4 rings (SSSR count). The van der Waals surface area contributed by atoms with Gasteiger partial charge in [-0.3, -0.25) is 9.78 Å². The summed E-state index contributed by atoms with van der Waals surface area (Å²) < 4.78 is 0. The van der Waals surface area contributed by atoms with Crippen molar-refractivity contribution in [2.45, 2.75) is 36.7 Å². The van der Waals surface area contributed by atoms with Gasteiger partial charge in [0.15, 0.2) is 16.6 Å². The maximum absolute atomic E-state index is 11.3. The number of nitrogens with zero attached hydrogens (tertiary/aromatic N) is 3. The maximum atomic E-state index is 11.3. The van der Waals surface area contributed by atoms with Crippen molar-refractivity contribution in [3.8, 4) is 0 Å². The third-order valence-corrected chi connectivity index (χ3v) is 8.26. The molecule has 0 amide bonds. The molecule has 196 valence electrons. The molecule has 1 aromatic carbocycles. The van der Waals surface area contributed by atoms with Crippen molar-refractivity contribution < 1.29 is 5.11 Å². The molecule has 0 radical (unpaired) electrons. The first kappa shape index (κ1) is 30.1. The van der Waals surface area contributed by atoms with Crippen molar-refractivity contribution in [3.05, 3.63) is 94.7 Å². The molecule has 1 aliphatic heterocycles. The smallest absolute Gasteiger partial charge is 0.251 e. The van der Waals surface area contributed by atoms with E-state index in [2.05, 4.69) is 25.3 Å². The van der Waals surface area contributed by atoms with Crippen LogP contribution in [0.3, 0.4) is 0 Å². The molecule has 1 aliphatic rings. The largest absolute Gasteiger partial charge is 0.368 e. The summed E-state index contributed by atoms with van der Waals surface area (Å²) in [5.74, 6) is 1.04. The van der Waals surface area contributed by atoms with Crippen LogP contribution >= 0.6 is 81.5 Å². The fraction of sp³-hybridized carbons (Fsp3) is 0.217. The minimum atomic E-state index is -0.811. The Balaban J connectivity index is 0.000000206. The van der Waals surface area contributed by atoms with Crippen LogP contribution in [0.4, 0.5) is 0 Å². The highest BCUT2D eigenvalue weighted by molar-refractivity contribution is 8.13. The summed E-state index contributed by atoms with van der Waals surface area (Å²) in [6, 6.07) is 4.81. The predicted octanol–water partition coefficient (Wildman–Crippen LogP) is 7.13. The van der Waals surface area contributed by atoms with Gasteiger partial charge >= 0.3 is 0 Å². The summed E-state index contributed by atoms with van der Waals surface area (Å²) in [4.78, 5) is 26.1. The number of rotatable bonds is 5. The molecule has 0 fully saturated rings.